The second kappa shape index (κ2) is 4.99. The highest BCUT2D eigenvalue weighted by Crippen LogP contribution is 2.07. The van der Waals surface area contributed by atoms with Crippen LogP contribution in [0.5, 0.6) is 0 Å². The minimum Gasteiger partial charge on any atom is -0.438 e. The number of ether oxygens (including phenoxy) is 2. The van der Waals surface area contributed by atoms with Crippen LogP contribution < -0.4 is 0 Å². The molecule has 0 aromatic rings. The summed E-state index contributed by atoms with van der Waals surface area (Å²) in [5.41, 5.74) is 0. The molecule has 0 bridgehead atoms. The number of carbonyl (C=O) groups excluding carboxylic acids is 1. The summed E-state index contributed by atoms with van der Waals surface area (Å²) in [6.07, 6.45) is 0.218. The van der Waals surface area contributed by atoms with Crippen LogP contribution in [0.1, 0.15) is 27.2 Å². The fourth-order valence-corrected chi connectivity index (χ4v) is 0.924. The summed E-state index contributed by atoms with van der Waals surface area (Å²) in [5.74, 6) is 0.537. The molecule has 0 aliphatic carbocycles. The SMILES string of the molecule is COC(=O)OC(C)CC(C)C. The second-order valence-corrected chi connectivity index (χ2v) is 3.01. The van der Waals surface area contributed by atoms with Crippen molar-refractivity contribution in [2.45, 2.75) is 33.3 Å². The van der Waals surface area contributed by atoms with E-state index >= 15 is 0 Å². The van der Waals surface area contributed by atoms with Crippen LogP contribution in [-0.4, -0.2) is 19.4 Å². The first kappa shape index (κ1) is 10.3. The van der Waals surface area contributed by atoms with E-state index in [0.717, 1.165) is 6.42 Å². The molecule has 0 N–H and O–H groups in total. The third kappa shape index (κ3) is 5.70. The number of hydrogen-bond acceptors (Lipinski definition) is 3. The van der Waals surface area contributed by atoms with Crippen LogP contribution in [0.15, 0.2) is 0 Å². The van der Waals surface area contributed by atoms with Crippen LogP contribution in [0.25, 0.3) is 0 Å². The third-order valence-corrected chi connectivity index (χ3v) is 1.27. The van der Waals surface area contributed by atoms with Gasteiger partial charge in [-0.25, -0.2) is 4.79 Å². The zero-order chi connectivity index (χ0) is 8.85. The van der Waals surface area contributed by atoms with Gasteiger partial charge in [0.05, 0.1) is 7.11 Å². The second-order valence-electron chi connectivity index (χ2n) is 3.01. The van der Waals surface area contributed by atoms with E-state index < -0.39 is 6.16 Å². The van der Waals surface area contributed by atoms with Gasteiger partial charge in [-0.15, -0.1) is 0 Å². The number of carbonyl (C=O) groups is 1. The minimum atomic E-state index is -0.599. The molecule has 0 aliphatic rings. The van der Waals surface area contributed by atoms with Crippen LogP contribution in [-0.2, 0) is 9.47 Å². The first-order valence-corrected chi connectivity index (χ1v) is 3.80. The van der Waals surface area contributed by atoms with Gasteiger partial charge in [-0.2, -0.15) is 0 Å². The van der Waals surface area contributed by atoms with Crippen molar-refractivity contribution in [3.63, 3.8) is 0 Å². The van der Waals surface area contributed by atoms with Crippen LogP contribution in [0.4, 0.5) is 4.79 Å². The molecule has 0 saturated heterocycles. The number of rotatable bonds is 3. The van der Waals surface area contributed by atoms with E-state index in [2.05, 4.69) is 18.6 Å². The molecule has 0 aliphatic heterocycles. The standard InChI is InChI=1S/C8H16O3/c1-6(2)5-7(3)11-8(9)10-4/h6-7H,5H2,1-4H3. The largest absolute Gasteiger partial charge is 0.508 e. The van der Waals surface area contributed by atoms with Crippen molar-refractivity contribution in [1.82, 2.24) is 0 Å². The molecular weight excluding hydrogens is 144 g/mol. The molecule has 0 spiro atoms. The van der Waals surface area contributed by atoms with Crippen molar-refractivity contribution in [1.29, 1.82) is 0 Å². The van der Waals surface area contributed by atoms with Gasteiger partial charge in [0.15, 0.2) is 0 Å². The van der Waals surface area contributed by atoms with Gasteiger partial charge in [0.2, 0.25) is 0 Å². The van der Waals surface area contributed by atoms with Crippen LogP contribution in [0, 0.1) is 5.92 Å². The summed E-state index contributed by atoms with van der Waals surface area (Å²) in [4.78, 5) is 10.6. The van der Waals surface area contributed by atoms with E-state index in [4.69, 9.17) is 4.74 Å². The molecular formula is C8H16O3. The highest BCUT2D eigenvalue weighted by Gasteiger charge is 2.10. The first-order chi connectivity index (χ1) is 5.06. The van der Waals surface area contributed by atoms with Crippen LogP contribution in [0.2, 0.25) is 0 Å². The molecule has 0 heterocycles. The Bertz CT molecular complexity index is 121. The monoisotopic (exact) mass is 160 g/mol. The summed E-state index contributed by atoms with van der Waals surface area (Å²) < 4.78 is 9.19. The van der Waals surface area contributed by atoms with Crippen LogP contribution >= 0.6 is 0 Å². The van der Waals surface area contributed by atoms with E-state index in [1.807, 2.05) is 6.92 Å². The van der Waals surface area contributed by atoms with E-state index in [1.54, 1.807) is 0 Å². The summed E-state index contributed by atoms with van der Waals surface area (Å²) in [7, 11) is 1.31. The van der Waals surface area contributed by atoms with Crippen molar-refractivity contribution in [2.75, 3.05) is 7.11 Å². The molecule has 3 nitrogen and oxygen atoms in total. The van der Waals surface area contributed by atoms with Gasteiger partial charge in [0.25, 0.3) is 0 Å². The molecule has 0 amide bonds. The Kier molecular flexibility index (Phi) is 4.66. The zero-order valence-electron chi connectivity index (χ0n) is 7.59. The van der Waals surface area contributed by atoms with Crippen LogP contribution in [0.3, 0.4) is 0 Å². The average molecular weight is 160 g/mol. The predicted octanol–water partition coefficient (Wildman–Crippen LogP) is 2.20. The Morgan fingerprint density at radius 3 is 2.27 bits per heavy atom. The maximum absolute atomic E-state index is 10.6. The summed E-state index contributed by atoms with van der Waals surface area (Å²) in [5, 5.41) is 0. The number of hydrogen-bond donors (Lipinski definition) is 0. The highest BCUT2D eigenvalue weighted by atomic mass is 16.7. The molecule has 11 heavy (non-hydrogen) atoms. The van der Waals surface area contributed by atoms with Crippen molar-refractivity contribution in [3.8, 4) is 0 Å². The molecule has 0 aromatic heterocycles. The maximum Gasteiger partial charge on any atom is 0.508 e. The van der Waals surface area contributed by atoms with Crippen molar-refractivity contribution < 1.29 is 14.3 Å². The molecule has 1 atom stereocenters. The molecule has 66 valence electrons. The molecule has 0 saturated carbocycles. The Morgan fingerprint density at radius 1 is 1.36 bits per heavy atom. The summed E-state index contributed by atoms with van der Waals surface area (Å²) in [6, 6.07) is 0. The Hall–Kier alpha value is -0.730. The molecule has 1 unspecified atom stereocenters. The first-order valence-electron chi connectivity index (χ1n) is 3.80. The van der Waals surface area contributed by atoms with Gasteiger partial charge >= 0.3 is 6.16 Å². The fraction of sp³-hybridized carbons (Fsp3) is 0.875. The van der Waals surface area contributed by atoms with E-state index in [-0.39, 0.29) is 6.10 Å². The minimum absolute atomic E-state index is 0.0533. The quantitative estimate of drug-likeness (QED) is 0.594. The number of methoxy groups -OCH3 is 1. The van der Waals surface area contributed by atoms with Gasteiger partial charge in [-0.1, -0.05) is 13.8 Å². The molecule has 0 fully saturated rings. The Morgan fingerprint density at radius 2 is 1.91 bits per heavy atom. The molecule has 3 heteroatoms. The van der Waals surface area contributed by atoms with Crippen molar-refractivity contribution in [2.24, 2.45) is 5.92 Å². The maximum atomic E-state index is 10.6. The predicted molar refractivity (Wildman–Crippen MR) is 42.4 cm³/mol. The van der Waals surface area contributed by atoms with Gasteiger partial charge < -0.3 is 9.47 Å². The van der Waals surface area contributed by atoms with E-state index in [1.165, 1.54) is 7.11 Å². The lowest BCUT2D eigenvalue weighted by Gasteiger charge is -2.13. The Labute approximate surface area is 67.7 Å². The van der Waals surface area contributed by atoms with Crippen molar-refractivity contribution >= 4 is 6.16 Å². The summed E-state index contributed by atoms with van der Waals surface area (Å²) in [6.45, 7) is 6.02. The van der Waals surface area contributed by atoms with Gasteiger partial charge in [-0.3, -0.25) is 0 Å². The average Bonchev–Trinajstić information content (AvgIpc) is 1.85. The summed E-state index contributed by atoms with van der Waals surface area (Å²) >= 11 is 0. The van der Waals surface area contributed by atoms with E-state index in [0.29, 0.717) is 5.92 Å². The van der Waals surface area contributed by atoms with Gasteiger partial charge in [-0.05, 0) is 19.3 Å². The fourth-order valence-electron chi connectivity index (χ4n) is 0.924. The third-order valence-electron chi connectivity index (χ3n) is 1.27. The Balaban J connectivity index is 3.51. The normalized spacial score (nSPS) is 12.8. The topological polar surface area (TPSA) is 35.5 Å². The van der Waals surface area contributed by atoms with Gasteiger partial charge in [0.1, 0.15) is 6.10 Å². The van der Waals surface area contributed by atoms with Gasteiger partial charge in [0, 0.05) is 0 Å². The molecule has 0 aromatic carbocycles. The lowest BCUT2D eigenvalue weighted by molar-refractivity contribution is 0.0365. The smallest absolute Gasteiger partial charge is 0.438 e. The lowest BCUT2D eigenvalue weighted by atomic mass is 10.1. The lowest BCUT2D eigenvalue weighted by Crippen LogP contribution is -2.16. The molecule has 0 radical (unpaired) electrons. The zero-order valence-corrected chi connectivity index (χ0v) is 7.59. The van der Waals surface area contributed by atoms with E-state index in [9.17, 15) is 4.79 Å². The van der Waals surface area contributed by atoms with Crippen molar-refractivity contribution in [3.05, 3.63) is 0 Å². The molecule has 0 rings (SSSR count). The highest BCUT2D eigenvalue weighted by molar-refractivity contribution is 5.59.